The fourth-order valence-electron chi connectivity index (χ4n) is 2.28. The number of nitrogens with zero attached hydrogens (tertiary/aromatic N) is 1. The molecule has 1 aromatic carbocycles. The average molecular weight is 298 g/mol. The van der Waals surface area contributed by atoms with E-state index in [2.05, 4.69) is 0 Å². The number of rotatable bonds is 3. The molecule has 1 aromatic rings. The Labute approximate surface area is 122 Å². The molecule has 5 heteroatoms. The Morgan fingerprint density at radius 1 is 1.53 bits per heavy atom. The average Bonchev–Trinajstić information content (AvgIpc) is 2.68. The summed E-state index contributed by atoms with van der Waals surface area (Å²) in [6, 6.07) is 5.55. The fraction of sp³-hybridized carbons (Fsp3) is 0.429. The highest BCUT2D eigenvalue weighted by molar-refractivity contribution is 8.13. The number of aryl methyl sites for hydroxylation is 1. The number of hydrogen-bond donors (Lipinski definition) is 0. The largest absolute Gasteiger partial charge is 0.312 e. The van der Waals surface area contributed by atoms with Gasteiger partial charge in [0.25, 0.3) is 0 Å². The van der Waals surface area contributed by atoms with Crippen molar-refractivity contribution in [3.63, 3.8) is 0 Å². The van der Waals surface area contributed by atoms with E-state index in [9.17, 15) is 9.59 Å². The van der Waals surface area contributed by atoms with Crippen molar-refractivity contribution in [3.8, 4) is 0 Å². The molecular formula is C14H16ClNO2S. The maximum absolute atomic E-state index is 12.1. The van der Waals surface area contributed by atoms with Crippen molar-refractivity contribution in [1.82, 2.24) is 0 Å². The van der Waals surface area contributed by atoms with E-state index >= 15 is 0 Å². The van der Waals surface area contributed by atoms with E-state index < -0.39 is 0 Å². The van der Waals surface area contributed by atoms with Gasteiger partial charge in [-0.3, -0.25) is 9.59 Å². The lowest BCUT2D eigenvalue weighted by molar-refractivity contribution is -0.117. The number of anilines is 1. The molecule has 1 amide bonds. The highest BCUT2D eigenvalue weighted by atomic mass is 35.5. The summed E-state index contributed by atoms with van der Waals surface area (Å²) in [5.41, 5.74) is 1.92. The lowest BCUT2D eigenvalue weighted by Gasteiger charge is -2.19. The van der Waals surface area contributed by atoms with Crippen LogP contribution in [0.15, 0.2) is 18.2 Å². The molecule has 1 heterocycles. The third-order valence-corrected chi connectivity index (χ3v) is 4.46. The predicted molar refractivity (Wildman–Crippen MR) is 79.8 cm³/mol. The van der Waals surface area contributed by atoms with Crippen LogP contribution in [0.25, 0.3) is 0 Å². The van der Waals surface area contributed by atoms with Gasteiger partial charge in [-0.15, -0.1) is 0 Å². The zero-order valence-corrected chi connectivity index (χ0v) is 12.6. The molecule has 0 bridgehead atoms. The number of benzene rings is 1. The van der Waals surface area contributed by atoms with Gasteiger partial charge in [0.05, 0.1) is 0 Å². The lowest BCUT2D eigenvalue weighted by Crippen LogP contribution is -2.25. The molecular weight excluding hydrogens is 282 g/mol. The molecule has 0 N–H and O–H groups in total. The molecule has 1 saturated heterocycles. The number of amides is 1. The van der Waals surface area contributed by atoms with Crippen LogP contribution >= 0.6 is 23.4 Å². The zero-order valence-electron chi connectivity index (χ0n) is 11.0. The van der Waals surface area contributed by atoms with E-state index in [1.807, 2.05) is 19.1 Å². The van der Waals surface area contributed by atoms with Crippen LogP contribution in [-0.4, -0.2) is 23.3 Å². The maximum atomic E-state index is 12.1. The molecule has 1 unspecified atom stereocenters. The first kappa shape index (κ1) is 14.4. The van der Waals surface area contributed by atoms with Gasteiger partial charge in [-0.05, 0) is 36.6 Å². The number of carbonyl (C=O) groups excluding carboxylic acids is 2. The first-order valence-electron chi connectivity index (χ1n) is 6.17. The minimum atomic E-state index is 0.105. The number of hydrogen-bond acceptors (Lipinski definition) is 3. The molecule has 102 valence electrons. The first-order chi connectivity index (χ1) is 8.97. The SMILES string of the molecule is CC(=O)SCC1CC(=O)N(c2ccc(Cl)cc2C)C1. The topological polar surface area (TPSA) is 37.4 Å². The Balaban J connectivity index is 2.09. The minimum Gasteiger partial charge on any atom is -0.312 e. The van der Waals surface area contributed by atoms with Crippen LogP contribution in [0.4, 0.5) is 5.69 Å². The molecule has 1 aliphatic rings. The van der Waals surface area contributed by atoms with Crippen LogP contribution in [0.3, 0.4) is 0 Å². The van der Waals surface area contributed by atoms with Gasteiger partial charge in [-0.2, -0.15) is 0 Å². The van der Waals surface area contributed by atoms with Crippen LogP contribution in [0.5, 0.6) is 0 Å². The van der Waals surface area contributed by atoms with E-state index in [1.54, 1.807) is 17.9 Å². The van der Waals surface area contributed by atoms with E-state index in [0.717, 1.165) is 11.3 Å². The molecule has 19 heavy (non-hydrogen) atoms. The molecule has 1 atom stereocenters. The zero-order chi connectivity index (χ0) is 14.0. The second-order valence-corrected chi connectivity index (χ2v) is 6.44. The maximum Gasteiger partial charge on any atom is 0.227 e. The molecule has 0 aliphatic carbocycles. The summed E-state index contributed by atoms with van der Waals surface area (Å²) in [4.78, 5) is 24.8. The van der Waals surface area contributed by atoms with Crippen LogP contribution in [0.2, 0.25) is 5.02 Å². The highest BCUT2D eigenvalue weighted by Crippen LogP contribution is 2.30. The second-order valence-electron chi connectivity index (χ2n) is 4.81. The van der Waals surface area contributed by atoms with Gasteiger partial charge in [0.2, 0.25) is 5.91 Å². The van der Waals surface area contributed by atoms with Crippen molar-refractivity contribution in [2.75, 3.05) is 17.2 Å². The molecule has 0 radical (unpaired) electrons. The summed E-state index contributed by atoms with van der Waals surface area (Å²) < 4.78 is 0. The minimum absolute atomic E-state index is 0.105. The Morgan fingerprint density at radius 3 is 2.89 bits per heavy atom. The van der Waals surface area contributed by atoms with Gasteiger partial charge >= 0.3 is 0 Å². The molecule has 1 aliphatic heterocycles. The van der Waals surface area contributed by atoms with E-state index in [1.165, 1.54) is 11.8 Å². The Morgan fingerprint density at radius 2 is 2.26 bits per heavy atom. The van der Waals surface area contributed by atoms with Gasteiger partial charge in [-0.1, -0.05) is 23.4 Å². The number of thioether (sulfide) groups is 1. The van der Waals surface area contributed by atoms with Crippen LogP contribution in [0, 0.1) is 12.8 Å². The normalized spacial score (nSPS) is 19.0. The molecule has 0 saturated carbocycles. The highest BCUT2D eigenvalue weighted by Gasteiger charge is 2.31. The number of carbonyl (C=O) groups is 2. The summed E-state index contributed by atoms with van der Waals surface area (Å²) in [5.74, 6) is 1.08. The summed E-state index contributed by atoms with van der Waals surface area (Å²) in [6.07, 6.45) is 0.516. The summed E-state index contributed by atoms with van der Waals surface area (Å²) in [5, 5.41) is 0.783. The third-order valence-electron chi connectivity index (χ3n) is 3.18. The molecule has 0 spiro atoms. The predicted octanol–water partition coefficient (Wildman–Crippen LogP) is 3.28. The van der Waals surface area contributed by atoms with Crippen molar-refractivity contribution in [2.45, 2.75) is 20.3 Å². The summed E-state index contributed by atoms with van der Waals surface area (Å²) in [7, 11) is 0. The first-order valence-corrected chi connectivity index (χ1v) is 7.53. The molecule has 2 rings (SSSR count). The number of halogens is 1. The summed E-state index contributed by atoms with van der Waals surface area (Å²) in [6.45, 7) is 4.19. The smallest absolute Gasteiger partial charge is 0.227 e. The summed E-state index contributed by atoms with van der Waals surface area (Å²) >= 11 is 7.22. The van der Waals surface area contributed by atoms with Gasteiger partial charge < -0.3 is 4.90 Å². The van der Waals surface area contributed by atoms with Crippen LogP contribution in [-0.2, 0) is 9.59 Å². The standard InChI is InChI=1S/C14H16ClNO2S/c1-9-5-12(15)3-4-13(9)16-7-11(6-14(16)18)8-19-10(2)17/h3-5,11H,6-8H2,1-2H3. The quantitative estimate of drug-likeness (QED) is 0.859. The fourth-order valence-corrected chi connectivity index (χ4v) is 3.20. The molecule has 0 aromatic heterocycles. The van der Waals surface area contributed by atoms with E-state index in [0.29, 0.717) is 23.7 Å². The van der Waals surface area contributed by atoms with Crippen molar-refractivity contribution in [2.24, 2.45) is 5.92 Å². The van der Waals surface area contributed by atoms with E-state index in [4.69, 9.17) is 11.6 Å². The monoisotopic (exact) mass is 297 g/mol. The van der Waals surface area contributed by atoms with Gasteiger partial charge in [0.15, 0.2) is 5.12 Å². The molecule has 1 fully saturated rings. The van der Waals surface area contributed by atoms with Gasteiger partial charge in [0.1, 0.15) is 0 Å². The van der Waals surface area contributed by atoms with Crippen LogP contribution in [0.1, 0.15) is 18.9 Å². The van der Waals surface area contributed by atoms with Crippen molar-refractivity contribution >= 4 is 40.1 Å². The van der Waals surface area contributed by atoms with Gasteiger partial charge in [-0.25, -0.2) is 0 Å². The second kappa shape index (κ2) is 5.97. The molecule has 3 nitrogen and oxygen atoms in total. The Kier molecular flexibility index (Phi) is 4.53. The third kappa shape index (κ3) is 3.51. The van der Waals surface area contributed by atoms with Crippen molar-refractivity contribution in [3.05, 3.63) is 28.8 Å². The lowest BCUT2D eigenvalue weighted by atomic mass is 10.1. The Hall–Kier alpha value is -1.00. The van der Waals surface area contributed by atoms with Crippen molar-refractivity contribution in [1.29, 1.82) is 0 Å². The Bertz CT molecular complexity index is 518. The van der Waals surface area contributed by atoms with Gasteiger partial charge in [0, 0.05) is 36.4 Å². The van der Waals surface area contributed by atoms with Crippen molar-refractivity contribution < 1.29 is 9.59 Å². The van der Waals surface area contributed by atoms with E-state index in [-0.39, 0.29) is 16.9 Å². The van der Waals surface area contributed by atoms with Crippen LogP contribution < -0.4 is 4.90 Å².